The molecule has 276 valence electrons. The summed E-state index contributed by atoms with van der Waals surface area (Å²) in [5.41, 5.74) is 3.97. The van der Waals surface area contributed by atoms with Crippen molar-refractivity contribution >= 4 is 47.2 Å². The third-order valence-corrected chi connectivity index (χ3v) is 9.08. The number of carbonyl (C=O) groups excluding carboxylic acids is 4. The first-order valence-electron chi connectivity index (χ1n) is 16.8. The average Bonchev–Trinajstić information content (AvgIpc) is 3.72. The zero-order valence-electron chi connectivity index (χ0n) is 29.5. The number of amides is 3. The molecule has 1 aliphatic heterocycles. The summed E-state index contributed by atoms with van der Waals surface area (Å²) in [6, 6.07) is 17.3. The summed E-state index contributed by atoms with van der Waals surface area (Å²) in [5, 5.41) is 16.6. The Balaban J connectivity index is 1.33. The van der Waals surface area contributed by atoms with Gasteiger partial charge in [-0.3, -0.25) is 14.4 Å². The number of tetrazole rings is 1. The molecular weight excluding hydrogens is 717 g/mol. The molecule has 5 aromatic rings. The van der Waals surface area contributed by atoms with Crippen LogP contribution < -0.4 is 10.6 Å². The van der Waals surface area contributed by atoms with Gasteiger partial charge in [-0.05, 0) is 95.7 Å². The van der Waals surface area contributed by atoms with Crippen LogP contribution in [0.5, 0.6) is 0 Å². The van der Waals surface area contributed by atoms with Crippen molar-refractivity contribution in [3.05, 3.63) is 124 Å². The molecule has 0 aliphatic carbocycles. The molecule has 0 spiro atoms. The quantitative estimate of drug-likeness (QED) is 0.146. The number of benzene rings is 3. The minimum absolute atomic E-state index is 0.0337. The van der Waals surface area contributed by atoms with Crippen LogP contribution in [0, 0.1) is 5.82 Å². The maximum atomic E-state index is 15.3. The highest BCUT2D eigenvalue weighted by atomic mass is 35.5. The Hall–Kier alpha value is -6.32. The van der Waals surface area contributed by atoms with Gasteiger partial charge in [0.1, 0.15) is 18.2 Å². The van der Waals surface area contributed by atoms with Crippen LogP contribution in [0.15, 0.2) is 85.3 Å². The molecular formula is C38H35ClFN9O5. The Morgan fingerprint density at radius 2 is 1.81 bits per heavy atom. The van der Waals surface area contributed by atoms with Gasteiger partial charge in [-0.15, -0.1) is 5.10 Å². The van der Waals surface area contributed by atoms with Crippen LogP contribution in [0.2, 0.25) is 5.02 Å². The zero-order valence-corrected chi connectivity index (χ0v) is 30.2. The van der Waals surface area contributed by atoms with Crippen molar-refractivity contribution in [1.29, 1.82) is 0 Å². The lowest BCUT2D eigenvalue weighted by atomic mass is 9.86. The number of methoxy groups -OCH3 is 1. The van der Waals surface area contributed by atoms with Gasteiger partial charge in [-0.2, -0.15) is 4.68 Å². The standard InChI is InChI=1S/C38H35ClFN9O5/c1-47(2)20-18-41-36(51)24-9-7-23(8-10-24)26-5-4-6-28-27(26)17-19-48(35(28)37(52)44-32-15-11-25(21-42-32)38(53)54-3)33(50)16-12-29-31(49-22-43-45-46-49)14-13-30(39)34(29)40/h4-16,21-22,35H,17-20H2,1-3H3,(H,41,51)(H,42,44,52)/b16-12+. The molecule has 2 N–H and O–H groups in total. The number of pyridine rings is 1. The molecule has 0 bridgehead atoms. The largest absolute Gasteiger partial charge is 0.465 e. The number of hydrogen-bond donors (Lipinski definition) is 2. The molecule has 16 heteroatoms. The van der Waals surface area contributed by atoms with E-state index in [9.17, 15) is 19.2 Å². The number of anilines is 1. The van der Waals surface area contributed by atoms with Crippen LogP contribution in [-0.2, 0) is 20.7 Å². The number of likely N-dealkylation sites (N-methyl/N-ethyl adjacent to an activating group) is 1. The molecule has 0 saturated carbocycles. The summed E-state index contributed by atoms with van der Waals surface area (Å²) in [4.78, 5) is 60.4. The zero-order chi connectivity index (χ0) is 38.4. The smallest absolute Gasteiger partial charge is 0.339 e. The number of aromatic nitrogens is 5. The second-order valence-electron chi connectivity index (χ2n) is 12.5. The fraction of sp³-hybridized carbons (Fsp3) is 0.211. The molecule has 1 unspecified atom stereocenters. The van der Waals surface area contributed by atoms with E-state index in [4.69, 9.17) is 16.3 Å². The summed E-state index contributed by atoms with van der Waals surface area (Å²) < 4.78 is 21.3. The van der Waals surface area contributed by atoms with Gasteiger partial charge in [0.25, 0.3) is 11.8 Å². The number of nitrogens with one attached hydrogen (secondary N) is 2. The third-order valence-electron chi connectivity index (χ3n) is 8.79. The van der Waals surface area contributed by atoms with Gasteiger partial charge in [-0.1, -0.05) is 41.9 Å². The molecule has 3 aromatic carbocycles. The lowest BCUT2D eigenvalue weighted by Crippen LogP contribution is -2.45. The SMILES string of the molecule is COC(=O)c1ccc(NC(=O)C2c3cccc(-c4ccc(C(=O)NCCN(C)C)cc4)c3CCN2C(=O)/C=C/c2c(-n3cnnn3)ccc(Cl)c2F)nc1. The highest BCUT2D eigenvalue weighted by Crippen LogP contribution is 2.37. The van der Waals surface area contributed by atoms with Gasteiger partial charge >= 0.3 is 5.97 Å². The number of fused-ring (bicyclic) bond motifs is 1. The van der Waals surface area contributed by atoms with Crippen LogP contribution in [0.1, 0.15) is 43.4 Å². The van der Waals surface area contributed by atoms with Crippen molar-refractivity contribution in [3.63, 3.8) is 0 Å². The number of carbonyl (C=O) groups is 4. The van der Waals surface area contributed by atoms with Gasteiger partial charge in [0.15, 0.2) is 5.82 Å². The van der Waals surface area contributed by atoms with E-state index in [2.05, 4.69) is 31.1 Å². The molecule has 2 aromatic heterocycles. The Morgan fingerprint density at radius 3 is 2.50 bits per heavy atom. The fourth-order valence-corrected chi connectivity index (χ4v) is 6.26. The van der Waals surface area contributed by atoms with Crippen molar-refractivity contribution in [3.8, 4) is 16.8 Å². The van der Waals surface area contributed by atoms with Crippen LogP contribution in [0.25, 0.3) is 22.9 Å². The Morgan fingerprint density at radius 1 is 1.04 bits per heavy atom. The second kappa shape index (κ2) is 16.6. The van der Waals surface area contributed by atoms with Crippen molar-refractivity contribution in [1.82, 2.24) is 40.3 Å². The average molecular weight is 752 g/mol. The molecule has 54 heavy (non-hydrogen) atoms. The number of esters is 1. The van der Waals surface area contributed by atoms with Crippen molar-refractivity contribution in [2.45, 2.75) is 12.5 Å². The highest BCUT2D eigenvalue weighted by molar-refractivity contribution is 6.31. The van der Waals surface area contributed by atoms with E-state index in [-0.39, 0.29) is 40.1 Å². The van der Waals surface area contributed by atoms with Gasteiger partial charge < -0.3 is 25.2 Å². The van der Waals surface area contributed by atoms with Gasteiger partial charge in [-0.25, -0.2) is 14.2 Å². The first kappa shape index (κ1) is 37.4. The Bertz CT molecular complexity index is 2210. The van der Waals surface area contributed by atoms with E-state index in [0.717, 1.165) is 16.7 Å². The van der Waals surface area contributed by atoms with Gasteiger partial charge in [0.05, 0.1) is 23.4 Å². The van der Waals surface area contributed by atoms with Crippen LogP contribution in [0.3, 0.4) is 0 Å². The molecule has 1 atom stereocenters. The van der Waals surface area contributed by atoms with Crippen LogP contribution in [0.4, 0.5) is 10.2 Å². The first-order chi connectivity index (χ1) is 26.0. The van der Waals surface area contributed by atoms with Crippen molar-refractivity contribution < 1.29 is 28.3 Å². The second-order valence-corrected chi connectivity index (χ2v) is 12.9. The van der Waals surface area contributed by atoms with Gasteiger partial charge in [0.2, 0.25) is 5.91 Å². The molecule has 0 fully saturated rings. The predicted molar refractivity (Wildman–Crippen MR) is 198 cm³/mol. The summed E-state index contributed by atoms with van der Waals surface area (Å²) >= 11 is 6.09. The van der Waals surface area contributed by atoms with Crippen LogP contribution in [-0.4, -0.2) is 99.5 Å². The number of rotatable bonds is 11. The third kappa shape index (κ3) is 8.17. The lowest BCUT2D eigenvalue weighted by molar-refractivity contribution is -0.135. The monoisotopic (exact) mass is 751 g/mol. The van der Waals surface area contributed by atoms with E-state index in [1.165, 1.54) is 65.6 Å². The van der Waals surface area contributed by atoms with E-state index < -0.39 is 29.6 Å². The topological polar surface area (TPSA) is 165 Å². The molecule has 3 heterocycles. The molecule has 14 nitrogen and oxygen atoms in total. The number of halogens is 2. The number of nitrogens with zero attached hydrogens (tertiary/aromatic N) is 7. The number of hydrogen-bond acceptors (Lipinski definition) is 10. The lowest BCUT2D eigenvalue weighted by Gasteiger charge is -2.36. The minimum Gasteiger partial charge on any atom is -0.465 e. The molecule has 6 rings (SSSR count). The minimum atomic E-state index is -1.14. The van der Waals surface area contributed by atoms with E-state index >= 15 is 4.39 Å². The maximum absolute atomic E-state index is 15.3. The molecule has 3 amide bonds. The van der Waals surface area contributed by atoms with Crippen molar-refractivity contribution in [2.24, 2.45) is 0 Å². The summed E-state index contributed by atoms with van der Waals surface area (Å²) in [6.45, 7) is 1.34. The van der Waals surface area contributed by atoms with Gasteiger partial charge in [0, 0.05) is 43.0 Å². The Kier molecular flexibility index (Phi) is 11.5. The predicted octanol–water partition coefficient (Wildman–Crippen LogP) is 4.37. The summed E-state index contributed by atoms with van der Waals surface area (Å²) in [6.07, 6.45) is 5.38. The first-order valence-corrected chi connectivity index (χ1v) is 17.1. The number of ether oxygens (including phenoxy) is 1. The fourth-order valence-electron chi connectivity index (χ4n) is 6.09. The van der Waals surface area contributed by atoms with E-state index in [0.29, 0.717) is 30.6 Å². The molecule has 0 radical (unpaired) electrons. The molecule has 1 aliphatic rings. The highest BCUT2D eigenvalue weighted by Gasteiger charge is 2.36. The summed E-state index contributed by atoms with van der Waals surface area (Å²) in [7, 11) is 5.11. The van der Waals surface area contributed by atoms with Crippen LogP contribution >= 0.6 is 11.6 Å². The van der Waals surface area contributed by atoms with Crippen molar-refractivity contribution in [2.75, 3.05) is 46.2 Å². The maximum Gasteiger partial charge on any atom is 0.339 e. The Labute approximate surface area is 314 Å². The summed E-state index contributed by atoms with van der Waals surface area (Å²) in [5.74, 6) is -2.56. The normalized spacial score (nSPS) is 13.8. The van der Waals surface area contributed by atoms with E-state index in [1.807, 2.05) is 37.2 Å². The molecule has 0 saturated heterocycles. The van der Waals surface area contributed by atoms with E-state index in [1.54, 1.807) is 24.3 Å².